The molecule has 0 bridgehead atoms. The van der Waals surface area contributed by atoms with Crippen molar-refractivity contribution in [3.05, 3.63) is 0 Å². The van der Waals surface area contributed by atoms with Crippen LogP contribution < -0.4 is 5.32 Å². The zero-order valence-electron chi connectivity index (χ0n) is 8.26. The summed E-state index contributed by atoms with van der Waals surface area (Å²) in [7, 11) is -3.10. The van der Waals surface area contributed by atoms with Gasteiger partial charge in [-0.15, -0.1) is 0 Å². The maximum atomic E-state index is 11.4. The number of carbonyl (C=O) groups excluding carboxylic acids is 1. The first-order valence-electron chi connectivity index (χ1n) is 4.55. The minimum atomic E-state index is -3.10. The number of hydrogen-bond acceptors (Lipinski definition) is 4. The predicted octanol–water partition coefficient (Wildman–Crippen LogP) is -0.990. The van der Waals surface area contributed by atoms with Gasteiger partial charge in [0.25, 0.3) is 0 Å². The van der Waals surface area contributed by atoms with Crippen LogP contribution in [0.5, 0.6) is 0 Å². The highest BCUT2D eigenvalue weighted by molar-refractivity contribution is 7.91. The van der Waals surface area contributed by atoms with Gasteiger partial charge in [0.1, 0.15) is 6.04 Å². The van der Waals surface area contributed by atoms with Crippen LogP contribution in [0.4, 0.5) is 0 Å². The molecule has 0 aliphatic carbocycles. The Balaban J connectivity index is 2.53. The average molecular weight is 235 g/mol. The molecule has 0 aromatic rings. The van der Waals surface area contributed by atoms with Crippen molar-refractivity contribution >= 4 is 21.7 Å². The summed E-state index contributed by atoms with van der Waals surface area (Å²) in [6.45, 7) is 1.34. The van der Waals surface area contributed by atoms with Crippen LogP contribution in [0.1, 0.15) is 13.3 Å². The summed E-state index contributed by atoms with van der Waals surface area (Å²) in [6.07, 6.45) is 0.278. The fourth-order valence-electron chi connectivity index (χ4n) is 1.39. The first kappa shape index (κ1) is 12.0. The number of carboxylic acid groups (broad SMARTS) is 1. The van der Waals surface area contributed by atoms with E-state index in [1.807, 2.05) is 0 Å². The van der Waals surface area contributed by atoms with Crippen molar-refractivity contribution in [1.29, 1.82) is 0 Å². The molecule has 2 N–H and O–H groups in total. The Morgan fingerprint density at radius 2 is 2.07 bits per heavy atom. The van der Waals surface area contributed by atoms with Crippen LogP contribution in [-0.2, 0) is 19.4 Å². The molecular formula is C8H13NO5S. The zero-order valence-corrected chi connectivity index (χ0v) is 9.08. The molecule has 2 atom stereocenters. The van der Waals surface area contributed by atoms with Crippen LogP contribution in [0.15, 0.2) is 0 Å². The van der Waals surface area contributed by atoms with E-state index in [0.717, 1.165) is 0 Å². The third-order valence-electron chi connectivity index (χ3n) is 2.33. The van der Waals surface area contributed by atoms with Gasteiger partial charge >= 0.3 is 5.97 Å². The van der Waals surface area contributed by atoms with E-state index in [1.54, 1.807) is 0 Å². The van der Waals surface area contributed by atoms with Crippen LogP contribution in [0.25, 0.3) is 0 Å². The van der Waals surface area contributed by atoms with E-state index in [0.29, 0.717) is 0 Å². The molecular weight excluding hydrogens is 222 g/mol. The third-order valence-corrected chi connectivity index (χ3v) is 4.10. The molecule has 0 aromatic heterocycles. The molecule has 0 aromatic carbocycles. The minimum absolute atomic E-state index is 0.00649. The summed E-state index contributed by atoms with van der Waals surface area (Å²) in [5.74, 6) is -2.40. The van der Waals surface area contributed by atoms with Gasteiger partial charge in [-0.05, 0) is 13.3 Å². The predicted molar refractivity (Wildman–Crippen MR) is 52.0 cm³/mol. The van der Waals surface area contributed by atoms with Gasteiger partial charge in [-0.2, -0.15) is 0 Å². The van der Waals surface area contributed by atoms with Gasteiger partial charge in [-0.3, -0.25) is 9.59 Å². The second-order valence-corrected chi connectivity index (χ2v) is 5.90. The highest BCUT2D eigenvalue weighted by atomic mass is 32.2. The molecule has 0 spiro atoms. The second kappa shape index (κ2) is 4.18. The molecule has 15 heavy (non-hydrogen) atoms. The van der Waals surface area contributed by atoms with Gasteiger partial charge in [-0.25, -0.2) is 8.42 Å². The van der Waals surface area contributed by atoms with Crippen molar-refractivity contribution in [3.8, 4) is 0 Å². The number of amides is 1. The summed E-state index contributed by atoms with van der Waals surface area (Å²) in [6, 6.07) is -0.985. The summed E-state index contributed by atoms with van der Waals surface area (Å²) < 4.78 is 22.1. The van der Waals surface area contributed by atoms with E-state index >= 15 is 0 Å². The molecule has 2 unspecified atom stereocenters. The highest BCUT2D eigenvalue weighted by Crippen LogP contribution is 2.18. The monoisotopic (exact) mass is 235 g/mol. The lowest BCUT2D eigenvalue weighted by Gasteiger charge is -2.12. The molecule has 1 aliphatic rings. The summed E-state index contributed by atoms with van der Waals surface area (Å²) in [5, 5.41) is 10.8. The quantitative estimate of drug-likeness (QED) is 0.654. The highest BCUT2D eigenvalue weighted by Gasteiger charge is 2.33. The van der Waals surface area contributed by atoms with Crippen LogP contribution in [-0.4, -0.2) is 42.9 Å². The molecule has 86 valence electrons. The number of carboxylic acids is 1. The minimum Gasteiger partial charge on any atom is -0.480 e. The normalized spacial score (nSPS) is 25.8. The Morgan fingerprint density at radius 3 is 2.47 bits per heavy atom. The number of sulfone groups is 1. The van der Waals surface area contributed by atoms with Crippen LogP contribution in [0, 0.1) is 5.92 Å². The molecule has 1 heterocycles. The first-order valence-corrected chi connectivity index (χ1v) is 6.37. The maximum absolute atomic E-state index is 11.4. The molecule has 7 heteroatoms. The number of carbonyl (C=O) groups is 2. The van der Waals surface area contributed by atoms with Crippen molar-refractivity contribution in [3.63, 3.8) is 0 Å². The zero-order chi connectivity index (χ0) is 11.6. The average Bonchev–Trinajstić information content (AvgIpc) is 2.45. The van der Waals surface area contributed by atoms with Crippen molar-refractivity contribution in [1.82, 2.24) is 5.32 Å². The Morgan fingerprint density at radius 1 is 1.47 bits per heavy atom. The number of rotatable bonds is 3. The smallest absolute Gasteiger partial charge is 0.325 e. The molecule has 1 rings (SSSR count). The third kappa shape index (κ3) is 3.19. The molecule has 1 aliphatic heterocycles. The first-order chi connectivity index (χ1) is 6.82. The Kier molecular flexibility index (Phi) is 3.33. The van der Waals surface area contributed by atoms with E-state index in [9.17, 15) is 18.0 Å². The van der Waals surface area contributed by atoms with Gasteiger partial charge in [-0.1, -0.05) is 0 Å². The molecule has 0 saturated carbocycles. The van der Waals surface area contributed by atoms with Gasteiger partial charge in [0.2, 0.25) is 5.91 Å². The van der Waals surface area contributed by atoms with Crippen molar-refractivity contribution in [2.24, 2.45) is 5.92 Å². The number of nitrogens with one attached hydrogen (secondary N) is 1. The van der Waals surface area contributed by atoms with E-state index in [4.69, 9.17) is 5.11 Å². The van der Waals surface area contributed by atoms with Crippen molar-refractivity contribution in [2.45, 2.75) is 19.4 Å². The SMILES string of the molecule is CC(NC(=O)C1CCS(=O)(=O)C1)C(=O)O. The van der Waals surface area contributed by atoms with E-state index in [2.05, 4.69) is 5.32 Å². The molecule has 6 nitrogen and oxygen atoms in total. The number of hydrogen-bond donors (Lipinski definition) is 2. The van der Waals surface area contributed by atoms with Crippen LogP contribution in [0.2, 0.25) is 0 Å². The van der Waals surface area contributed by atoms with E-state index in [1.165, 1.54) is 6.92 Å². The van der Waals surface area contributed by atoms with E-state index in [-0.39, 0.29) is 17.9 Å². The topological polar surface area (TPSA) is 101 Å². The standard InChI is InChI=1S/C8H13NO5S/c1-5(8(11)12)9-7(10)6-2-3-15(13,14)4-6/h5-6H,2-4H2,1H3,(H,9,10)(H,11,12). The second-order valence-electron chi connectivity index (χ2n) is 3.67. The van der Waals surface area contributed by atoms with Gasteiger partial charge < -0.3 is 10.4 Å². The fraction of sp³-hybridized carbons (Fsp3) is 0.750. The summed E-state index contributed by atoms with van der Waals surface area (Å²) in [4.78, 5) is 21.9. The molecule has 0 radical (unpaired) electrons. The molecule has 1 amide bonds. The van der Waals surface area contributed by atoms with Gasteiger partial charge in [0.05, 0.1) is 17.4 Å². The fourth-order valence-corrected chi connectivity index (χ4v) is 3.14. The molecule has 1 saturated heterocycles. The van der Waals surface area contributed by atoms with Gasteiger partial charge in [0, 0.05) is 0 Å². The molecule has 1 fully saturated rings. The summed E-state index contributed by atoms with van der Waals surface area (Å²) in [5.41, 5.74) is 0. The lowest BCUT2D eigenvalue weighted by Crippen LogP contribution is -2.42. The summed E-state index contributed by atoms with van der Waals surface area (Å²) >= 11 is 0. The lowest BCUT2D eigenvalue weighted by molar-refractivity contribution is -0.141. The van der Waals surface area contributed by atoms with Crippen molar-refractivity contribution < 1.29 is 23.1 Å². The van der Waals surface area contributed by atoms with Crippen molar-refractivity contribution in [2.75, 3.05) is 11.5 Å². The van der Waals surface area contributed by atoms with E-state index < -0.39 is 33.7 Å². The Bertz CT molecular complexity index is 374. The largest absolute Gasteiger partial charge is 0.480 e. The number of aliphatic carboxylic acids is 1. The van der Waals surface area contributed by atoms with Gasteiger partial charge in [0.15, 0.2) is 9.84 Å². The Hall–Kier alpha value is -1.11. The van der Waals surface area contributed by atoms with Crippen LogP contribution in [0.3, 0.4) is 0 Å². The van der Waals surface area contributed by atoms with Crippen LogP contribution >= 0.6 is 0 Å². The maximum Gasteiger partial charge on any atom is 0.325 e. The lowest BCUT2D eigenvalue weighted by atomic mass is 10.1. The Labute approximate surface area is 87.6 Å².